The van der Waals surface area contributed by atoms with Gasteiger partial charge in [0, 0.05) is 25.9 Å². The Morgan fingerprint density at radius 3 is 2.80 bits per heavy atom. The lowest BCUT2D eigenvalue weighted by Gasteiger charge is -2.10. The average Bonchev–Trinajstić information content (AvgIpc) is 2.41. The van der Waals surface area contributed by atoms with E-state index in [4.69, 9.17) is 15.7 Å². The quantitative estimate of drug-likeness (QED) is 0.186. The Bertz CT molecular complexity index is 559. The van der Waals surface area contributed by atoms with Crippen LogP contribution in [0.1, 0.15) is 6.42 Å². The molecule has 0 heterocycles. The van der Waals surface area contributed by atoms with E-state index in [9.17, 15) is 8.42 Å². The third-order valence-electron chi connectivity index (χ3n) is 2.34. The molecular weight excluding hydrogens is 282 g/mol. The molecule has 0 unspecified atom stereocenters. The largest absolute Gasteiger partial charge is 0.385 e. The molecule has 0 aliphatic carbocycles. The summed E-state index contributed by atoms with van der Waals surface area (Å²) in [7, 11) is -2.13. The van der Waals surface area contributed by atoms with Crippen LogP contribution in [-0.4, -0.2) is 34.6 Å². The molecule has 0 spiro atoms. The molecule has 0 aliphatic rings. The standard InChI is InChI=1S/C11H19N5O3S/c1-19-7-3-6-14-11(16-12)15-9-4-2-5-10(8-9)20(13,17)18/h2,4-5,8H,3,6-7,12H2,1H3,(H2,13,17,18)(H2,14,15,16). The van der Waals surface area contributed by atoms with Crippen molar-refractivity contribution in [1.82, 2.24) is 5.43 Å². The molecule has 0 aromatic heterocycles. The van der Waals surface area contributed by atoms with Crippen molar-refractivity contribution in [2.45, 2.75) is 11.3 Å². The van der Waals surface area contributed by atoms with Gasteiger partial charge in [0.2, 0.25) is 16.0 Å². The first-order valence-corrected chi connectivity index (χ1v) is 7.42. The minimum Gasteiger partial charge on any atom is -0.385 e. The Kier molecular flexibility index (Phi) is 6.39. The Hall–Kier alpha value is -1.68. The zero-order valence-electron chi connectivity index (χ0n) is 11.2. The fourth-order valence-corrected chi connectivity index (χ4v) is 1.97. The average molecular weight is 301 g/mol. The zero-order chi connectivity index (χ0) is 15.0. The number of guanidine groups is 1. The van der Waals surface area contributed by atoms with Crippen molar-refractivity contribution in [1.29, 1.82) is 0 Å². The summed E-state index contributed by atoms with van der Waals surface area (Å²) in [5.41, 5.74) is 2.92. The molecule has 0 radical (unpaired) electrons. The van der Waals surface area contributed by atoms with Gasteiger partial charge in [-0.05, 0) is 24.6 Å². The number of sulfonamides is 1. The summed E-state index contributed by atoms with van der Waals surface area (Å²) in [5, 5.41) is 7.93. The molecule has 8 nitrogen and oxygen atoms in total. The van der Waals surface area contributed by atoms with Crippen LogP contribution in [0.2, 0.25) is 0 Å². The second-order valence-corrected chi connectivity index (χ2v) is 5.48. The first-order valence-electron chi connectivity index (χ1n) is 5.87. The minimum absolute atomic E-state index is 0.0123. The van der Waals surface area contributed by atoms with Crippen LogP contribution in [0.5, 0.6) is 0 Å². The summed E-state index contributed by atoms with van der Waals surface area (Å²) >= 11 is 0. The molecule has 6 N–H and O–H groups in total. The maximum Gasteiger partial charge on any atom is 0.238 e. The predicted octanol–water partition coefficient (Wildman–Crippen LogP) is -0.398. The Labute approximate surface area is 118 Å². The van der Waals surface area contributed by atoms with E-state index < -0.39 is 10.0 Å². The monoisotopic (exact) mass is 301 g/mol. The van der Waals surface area contributed by atoms with Crippen LogP contribution in [0.3, 0.4) is 0 Å². The molecule has 20 heavy (non-hydrogen) atoms. The van der Waals surface area contributed by atoms with Gasteiger partial charge in [0.25, 0.3) is 0 Å². The highest BCUT2D eigenvalue weighted by Crippen LogP contribution is 2.13. The van der Waals surface area contributed by atoms with Gasteiger partial charge in [0.1, 0.15) is 0 Å². The Morgan fingerprint density at radius 1 is 1.45 bits per heavy atom. The smallest absolute Gasteiger partial charge is 0.238 e. The topological polar surface area (TPSA) is 132 Å². The van der Waals surface area contributed by atoms with Crippen molar-refractivity contribution >= 4 is 21.7 Å². The number of primary sulfonamides is 1. The number of aliphatic imine (C=N–C) groups is 1. The van der Waals surface area contributed by atoms with Crippen molar-refractivity contribution < 1.29 is 13.2 Å². The van der Waals surface area contributed by atoms with Gasteiger partial charge < -0.3 is 10.1 Å². The maximum atomic E-state index is 11.2. The van der Waals surface area contributed by atoms with E-state index >= 15 is 0 Å². The van der Waals surface area contributed by atoms with Gasteiger partial charge in [-0.15, -0.1) is 0 Å². The van der Waals surface area contributed by atoms with Crippen LogP contribution in [0.25, 0.3) is 0 Å². The molecule has 0 amide bonds. The molecule has 9 heteroatoms. The van der Waals surface area contributed by atoms with E-state index in [1.807, 2.05) is 0 Å². The SMILES string of the molecule is COCCCN=C(NN)Nc1cccc(S(N)(=O)=O)c1. The van der Waals surface area contributed by atoms with Crippen LogP contribution >= 0.6 is 0 Å². The van der Waals surface area contributed by atoms with Crippen molar-refractivity contribution in [3.63, 3.8) is 0 Å². The predicted molar refractivity (Wildman–Crippen MR) is 77.6 cm³/mol. The Morgan fingerprint density at radius 2 is 2.20 bits per heavy atom. The number of ether oxygens (including phenoxy) is 1. The molecule has 0 bridgehead atoms. The van der Waals surface area contributed by atoms with Crippen LogP contribution in [-0.2, 0) is 14.8 Å². The zero-order valence-corrected chi connectivity index (χ0v) is 12.0. The minimum atomic E-state index is -3.74. The number of rotatable bonds is 6. The molecule has 112 valence electrons. The number of hydrogen-bond acceptors (Lipinski definition) is 5. The summed E-state index contributed by atoms with van der Waals surface area (Å²) in [6.07, 6.45) is 0.751. The number of hydrogen-bond donors (Lipinski definition) is 4. The third kappa shape index (κ3) is 5.53. The van der Waals surface area contributed by atoms with E-state index in [1.165, 1.54) is 12.1 Å². The molecule has 0 fully saturated rings. The van der Waals surface area contributed by atoms with Gasteiger partial charge in [-0.2, -0.15) is 0 Å². The normalized spacial score (nSPS) is 12.2. The van der Waals surface area contributed by atoms with Gasteiger partial charge in [0.05, 0.1) is 4.90 Å². The molecule has 0 aliphatic heterocycles. The first kappa shape index (κ1) is 16.4. The summed E-state index contributed by atoms with van der Waals surface area (Å²) in [4.78, 5) is 4.19. The number of nitrogens with zero attached hydrogens (tertiary/aromatic N) is 1. The highest BCUT2D eigenvalue weighted by atomic mass is 32.2. The van der Waals surface area contributed by atoms with Crippen LogP contribution < -0.4 is 21.7 Å². The number of anilines is 1. The van der Waals surface area contributed by atoms with Crippen molar-refractivity contribution in [3.8, 4) is 0 Å². The fourth-order valence-electron chi connectivity index (χ4n) is 1.41. The van der Waals surface area contributed by atoms with Crippen LogP contribution in [0.4, 0.5) is 5.69 Å². The van der Waals surface area contributed by atoms with Gasteiger partial charge in [-0.25, -0.2) is 19.4 Å². The lowest BCUT2D eigenvalue weighted by atomic mass is 10.3. The second kappa shape index (κ2) is 7.80. The second-order valence-electron chi connectivity index (χ2n) is 3.92. The van der Waals surface area contributed by atoms with E-state index in [-0.39, 0.29) is 4.90 Å². The number of benzene rings is 1. The molecule has 0 saturated heterocycles. The number of nitrogens with two attached hydrogens (primary N) is 2. The van der Waals surface area contributed by atoms with Crippen molar-refractivity contribution in [2.24, 2.45) is 16.0 Å². The van der Waals surface area contributed by atoms with Gasteiger partial charge in [-0.1, -0.05) is 6.07 Å². The Balaban J connectivity index is 2.75. The molecule has 0 atom stereocenters. The van der Waals surface area contributed by atoms with Crippen molar-refractivity contribution in [3.05, 3.63) is 24.3 Å². The van der Waals surface area contributed by atoms with E-state index in [0.717, 1.165) is 6.42 Å². The molecule has 0 saturated carbocycles. The lowest BCUT2D eigenvalue weighted by molar-refractivity contribution is 0.197. The van der Waals surface area contributed by atoms with Gasteiger partial charge in [-0.3, -0.25) is 10.4 Å². The van der Waals surface area contributed by atoms with Crippen LogP contribution in [0.15, 0.2) is 34.2 Å². The van der Waals surface area contributed by atoms with E-state index in [1.54, 1.807) is 19.2 Å². The molecular formula is C11H19N5O3S. The van der Waals surface area contributed by atoms with Gasteiger partial charge >= 0.3 is 0 Å². The maximum absolute atomic E-state index is 11.2. The first-order chi connectivity index (χ1) is 9.47. The number of methoxy groups -OCH3 is 1. The fraction of sp³-hybridized carbons (Fsp3) is 0.364. The van der Waals surface area contributed by atoms with E-state index in [0.29, 0.717) is 24.8 Å². The summed E-state index contributed by atoms with van der Waals surface area (Å²) in [5.74, 6) is 5.67. The van der Waals surface area contributed by atoms with E-state index in [2.05, 4.69) is 15.7 Å². The number of hydrazine groups is 1. The van der Waals surface area contributed by atoms with Gasteiger partial charge in [0.15, 0.2) is 0 Å². The third-order valence-corrected chi connectivity index (χ3v) is 3.25. The lowest BCUT2D eigenvalue weighted by Crippen LogP contribution is -2.36. The highest BCUT2D eigenvalue weighted by Gasteiger charge is 2.08. The molecule has 1 aromatic carbocycles. The highest BCUT2D eigenvalue weighted by molar-refractivity contribution is 7.89. The van der Waals surface area contributed by atoms with Crippen LogP contribution in [0, 0.1) is 0 Å². The summed E-state index contributed by atoms with van der Waals surface area (Å²) in [6.45, 7) is 1.12. The molecule has 1 rings (SSSR count). The number of nitrogens with one attached hydrogen (secondary N) is 2. The summed E-state index contributed by atoms with van der Waals surface area (Å²) < 4.78 is 27.4. The molecule has 1 aromatic rings. The summed E-state index contributed by atoms with van der Waals surface area (Å²) in [6, 6.07) is 6.06. The van der Waals surface area contributed by atoms with Crippen molar-refractivity contribution in [2.75, 3.05) is 25.6 Å².